The number of aromatic nitrogens is 3. The average Bonchev–Trinajstić information content (AvgIpc) is 3.14. The maximum atomic E-state index is 12.7. The van der Waals surface area contributed by atoms with E-state index < -0.39 is 0 Å². The van der Waals surface area contributed by atoms with Crippen molar-refractivity contribution in [1.29, 1.82) is 0 Å². The van der Waals surface area contributed by atoms with Gasteiger partial charge < -0.3 is 5.32 Å². The van der Waals surface area contributed by atoms with Crippen molar-refractivity contribution in [2.45, 2.75) is 31.7 Å². The number of hydrogen-bond donors (Lipinski definition) is 1. The number of fused-ring (bicyclic) bond motifs is 1. The Labute approximate surface area is 173 Å². The maximum Gasteiger partial charge on any atom is 0.241 e. The van der Waals surface area contributed by atoms with Gasteiger partial charge in [-0.15, -0.1) is 10.2 Å². The number of nitrogens with one attached hydrogen (secondary N) is 1. The summed E-state index contributed by atoms with van der Waals surface area (Å²) in [5.74, 6) is 1.27. The molecule has 1 fully saturated rings. The van der Waals surface area contributed by atoms with Gasteiger partial charge in [-0.3, -0.25) is 14.1 Å². The minimum Gasteiger partial charge on any atom is -0.323 e. The van der Waals surface area contributed by atoms with Gasteiger partial charge in [-0.2, -0.15) is 0 Å². The molecule has 0 aliphatic carbocycles. The molecule has 4 rings (SSSR count). The lowest BCUT2D eigenvalue weighted by atomic mass is 9.95. The lowest BCUT2D eigenvalue weighted by Crippen LogP contribution is -2.45. The Balaban J connectivity index is 1.38. The van der Waals surface area contributed by atoms with Crippen LogP contribution in [0, 0.1) is 0 Å². The Morgan fingerprint density at radius 1 is 1.18 bits per heavy atom. The summed E-state index contributed by atoms with van der Waals surface area (Å²) in [7, 11) is 0. The Morgan fingerprint density at radius 2 is 1.96 bits per heavy atom. The molecule has 0 spiro atoms. The highest BCUT2D eigenvalue weighted by atomic mass is 35.5. The van der Waals surface area contributed by atoms with Gasteiger partial charge in [0.1, 0.15) is 5.82 Å². The third-order valence-corrected chi connectivity index (χ3v) is 5.90. The molecule has 28 heavy (non-hydrogen) atoms. The van der Waals surface area contributed by atoms with Gasteiger partial charge in [0.05, 0.1) is 16.8 Å². The number of rotatable bonds is 4. The molecule has 1 amide bonds. The normalized spacial score (nSPS) is 17.0. The van der Waals surface area contributed by atoms with Gasteiger partial charge in [-0.1, -0.05) is 29.3 Å². The van der Waals surface area contributed by atoms with E-state index in [-0.39, 0.29) is 11.9 Å². The van der Waals surface area contributed by atoms with Gasteiger partial charge in [-0.25, -0.2) is 0 Å². The van der Waals surface area contributed by atoms with Gasteiger partial charge in [0.25, 0.3) is 0 Å². The van der Waals surface area contributed by atoms with Gasteiger partial charge in [-0.05, 0) is 63.2 Å². The zero-order valence-corrected chi connectivity index (χ0v) is 17.0. The number of hydrogen-bond acceptors (Lipinski definition) is 4. The molecule has 1 aromatic carbocycles. The Bertz CT molecular complexity index is 997. The van der Waals surface area contributed by atoms with Crippen LogP contribution in [0.5, 0.6) is 0 Å². The molecule has 1 unspecified atom stereocenters. The molecule has 8 heteroatoms. The van der Waals surface area contributed by atoms with Crippen molar-refractivity contribution in [3.05, 3.63) is 58.5 Å². The molecule has 2 aromatic heterocycles. The summed E-state index contributed by atoms with van der Waals surface area (Å²) >= 11 is 12.1. The summed E-state index contributed by atoms with van der Waals surface area (Å²) < 4.78 is 2.05. The number of halogens is 2. The summed E-state index contributed by atoms with van der Waals surface area (Å²) in [5, 5.41) is 12.5. The minimum absolute atomic E-state index is 0.0735. The molecule has 3 heterocycles. The second-order valence-electron chi connectivity index (χ2n) is 7.09. The van der Waals surface area contributed by atoms with Crippen LogP contribution in [0.1, 0.15) is 31.5 Å². The van der Waals surface area contributed by atoms with E-state index in [4.69, 9.17) is 23.2 Å². The van der Waals surface area contributed by atoms with Crippen LogP contribution in [-0.4, -0.2) is 44.5 Å². The second kappa shape index (κ2) is 8.07. The molecule has 1 aliphatic heterocycles. The van der Waals surface area contributed by atoms with E-state index in [1.807, 2.05) is 31.3 Å². The van der Waals surface area contributed by atoms with Gasteiger partial charge >= 0.3 is 0 Å². The number of likely N-dealkylation sites (tertiary alicyclic amines) is 1. The number of amides is 1. The fourth-order valence-corrected chi connectivity index (χ4v) is 4.13. The van der Waals surface area contributed by atoms with E-state index in [1.54, 1.807) is 18.2 Å². The second-order valence-corrected chi connectivity index (χ2v) is 7.93. The van der Waals surface area contributed by atoms with Crippen LogP contribution in [-0.2, 0) is 4.79 Å². The Kier molecular flexibility index (Phi) is 5.53. The quantitative estimate of drug-likeness (QED) is 0.689. The van der Waals surface area contributed by atoms with Crippen LogP contribution in [0.4, 0.5) is 5.69 Å². The van der Waals surface area contributed by atoms with E-state index >= 15 is 0 Å². The minimum atomic E-state index is -0.247. The van der Waals surface area contributed by atoms with Crippen LogP contribution in [0.15, 0.2) is 42.6 Å². The van der Waals surface area contributed by atoms with E-state index in [1.165, 1.54) is 0 Å². The van der Waals surface area contributed by atoms with Crippen molar-refractivity contribution in [2.75, 3.05) is 18.4 Å². The Hall–Kier alpha value is -2.15. The molecule has 6 nitrogen and oxygen atoms in total. The van der Waals surface area contributed by atoms with Crippen LogP contribution in [0.25, 0.3) is 5.65 Å². The zero-order valence-electron chi connectivity index (χ0n) is 15.5. The molecule has 3 aromatic rings. The Morgan fingerprint density at radius 3 is 2.71 bits per heavy atom. The fraction of sp³-hybridized carbons (Fsp3) is 0.350. The van der Waals surface area contributed by atoms with Gasteiger partial charge in [0.2, 0.25) is 5.91 Å². The monoisotopic (exact) mass is 417 g/mol. The highest BCUT2D eigenvalue weighted by Crippen LogP contribution is 2.29. The lowest BCUT2D eigenvalue weighted by Gasteiger charge is -2.34. The predicted molar refractivity (Wildman–Crippen MR) is 111 cm³/mol. The molecule has 1 N–H and O–H groups in total. The summed E-state index contributed by atoms with van der Waals surface area (Å²) in [6.07, 6.45) is 3.88. The van der Waals surface area contributed by atoms with E-state index in [2.05, 4.69) is 24.8 Å². The first-order valence-electron chi connectivity index (χ1n) is 9.32. The first-order valence-corrected chi connectivity index (χ1v) is 10.1. The molecule has 0 saturated carbocycles. The number of benzene rings is 1. The third-order valence-electron chi connectivity index (χ3n) is 5.35. The molecule has 146 valence electrons. The number of pyridine rings is 1. The summed E-state index contributed by atoms with van der Waals surface area (Å²) in [6, 6.07) is 10.7. The first kappa shape index (κ1) is 19.2. The van der Waals surface area contributed by atoms with E-state index in [0.29, 0.717) is 21.7 Å². The number of nitrogens with zero attached hydrogens (tertiary/aromatic N) is 4. The zero-order chi connectivity index (χ0) is 19.7. The van der Waals surface area contributed by atoms with Crippen molar-refractivity contribution in [3.63, 3.8) is 0 Å². The van der Waals surface area contributed by atoms with Crippen molar-refractivity contribution in [2.24, 2.45) is 0 Å². The highest BCUT2D eigenvalue weighted by Gasteiger charge is 2.29. The number of piperidine rings is 1. The summed E-state index contributed by atoms with van der Waals surface area (Å²) in [5.41, 5.74) is 1.44. The molecule has 0 radical (unpaired) electrons. The fourth-order valence-electron chi connectivity index (χ4n) is 3.68. The van der Waals surface area contributed by atoms with Gasteiger partial charge in [0.15, 0.2) is 5.65 Å². The predicted octanol–water partition coefficient (Wildman–Crippen LogP) is 4.24. The molecular formula is C20H21Cl2N5O. The lowest BCUT2D eigenvalue weighted by molar-refractivity contribution is -0.121. The maximum absolute atomic E-state index is 12.7. The van der Waals surface area contributed by atoms with Crippen molar-refractivity contribution in [3.8, 4) is 0 Å². The molecule has 1 aliphatic rings. The van der Waals surface area contributed by atoms with Gasteiger partial charge in [0, 0.05) is 17.1 Å². The summed E-state index contributed by atoms with van der Waals surface area (Å²) in [6.45, 7) is 3.58. The molecule has 0 bridgehead atoms. The first-order chi connectivity index (χ1) is 13.5. The van der Waals surface area contributed by atoms with Crippen LogP contribution >= 0.6 is 23.2 Å². The molecular weight excluding hydrogens is 397 g/mol. The highest BCUT2D eigenvalue weighted by molar-refractivity contribution is 6.36. The molecule has 1 atom stereocenters. The SMILES string of the molecule is CC(C(=O)Nc1ccc(Cl)cc1Cl)N1CCC(c2nnc3ccccn23)CC1. The topological polar surface area (TPSA) is 62.5 Å². The third kappa shape index (κ3) is 3.85. The molecule has 1 saturated heterocycles. The number of anilines is 1. The van der Waals surface area contributed by atoms with Crippen LogP contribution < -0.4 is 5.32 Å². The van der Waals surface area contributed by atoms with Crippen molar-refractivity contribution in [1.82, 2.24) is 19.5 Å². The number of carbonyl (C=O) groups is 1. The van der Waals surface area contributed by atoms with Crippen LogP contribution in [0.3, 0.4) is 0 Å². The van der Waals surface area contributed by atoms with Crippen LogP contribution in [0.2, 0.25) is 10.0 Å². The smallest absolute Gasteiger partial charge is 0.241 e. The van der Waals surface area contributed by atoms with Crippen molar-refractivity contribution < 1.29 is 4.79 Å². The largest absolute Gasteiger partial charge is 0.323 e. The average molecular weight is 418 g/mol. The van der Waals surface area contributed by atoms with E-state index in [0.717, 1.165) is 37.4 Å². The summed E-state index contributed by atoms with van der Waals surface area (Å²) in [4.78, 5) is 14.9. The standard InChI is InChI=1S/C20H21Cl2N5O/c1-13(20(28)23-17-6-5-15(21)12-16(17)22)26-10-7-14(8-11-26)19-25-24-18-4-2-3-9-27(18)19/h2-6,9,12-14H,7-8,10-11H2,1H3,(H,23,28). The van der Waals surface area contributed by atoms with Crippen molar-refractivity contribution >= 4 is 40.4 Å². The number of carbonyl (C=O) groups excluding carboxylic acids is 1. The van der Waals surface area contributed by atoms with E-state index in [9.17, 15) is 4.79 Å².